The quantitative estimate of drug-likeness (QED) is 0.530. The van der Waals surface area contributed by atoms with Crippen LogP contribution in [0.15, 0.2) is 0 Å². The summed E-state index contributed by atoms with van der Waals surface area (Å²) in [6.45, 7) is 4.74. The fourth-order valence-corrected chi connectivity index (χ4v) is 0.897. The fraction of sp³-hybridized carbons (Fsp3) is 1.00. The van der Waals surface area contributed by atoms with Gasteiger partial charge >= 0.3 is 7.25 Å². The summed E-state index contributed by atoms with van der Waals surface area (Å²) in [5.74, 6) is 0. The molecular weight excluding hydrogens is 237 g/mol. The third-order valence-electron chi connectivity index (χ3n) is 1.92. The van der Waals surface area contributed by atoms with E-state index >= 15 is 0 Å². The van der Waals surface area contributed by atoms with Gasteiger partial charge in [-0.25, -0.2) is 0 Å². The second-order valence-corrected chi connectivity index (χ2v) is 4.56. The number of nitrogens with one attached hydrogen (secondary N) is 1. The van der Waals surface area contributed by atoms with Gasteiger partial charge in [0.25, 0.3) is 0 Å². The molecule has 0 heterocycles. The molecule has 0 bridgehead atoms. The summed E-state index contributed by atoms with van der Waals surface area (Å²) >= 11 is 0. The van der Waals surface area contributed by atoms with Gasteiger partial charge in [0.2, 0.25) is 0 Å². The van der Waals surface area contributed by atoms with Crippen LogP contribution in [-0.2, 0) is 0 Å². The van der Waals surface area contributed by atoms with Crippen molar-refractivity contribution in [3.05, 3.63) is 0 Å². The van der Waals surface area contributed by atoms with Crippen LogP contribution in [0.1, 0.15) is 0 Å². The third-order valence-corrected chi connectivity index (χ3v) is 1.92. The van der Waals surface area contributed by atoms with Crippen molar-refractivity contribution in [1.29, 1.82) is 0 Å². The van der Waals surface area contributed by atoms with Crippen molar-refractivity contribution in [3.8, 4) is 0 Å². The van der Waals surface area contributed by atoms with Crippen LogP contribution < -0.4 is 4.90 Å². The molecule has 0 saturated heterocycles. The predicted octanol–water partition coefficient (Wildman–Crippen LogP) is -0.0757. The van der Waals surface area contributed by atoms with Crippen LogP contribution in [-0.4, -0.2) is 78.5 Å². The molecule has 1 N–H and O–H groups in total. The number of quaternary nitrogens is 1. The van der Waals surface area contributed by atoms with Gasteiger partial charge in [0.1, 0.15) is 0 Å². The maximum absolute atomic E-state index is 9.75. The lowest BCUT2D eigenvalue weighted by molar-refractivity contribution is -0.857. The van der Waals surface area contributed by atoms with Crippen molar-refractivity contribution in [3.63, 3.8) is 0 Å². The molecule has 0 unspecified atom stereocenters. The lowest BCUT2D eigenvalue weighted by atomic mass is 10.3. The van der Waals surface area contributed by atoms with Gasteiger partial charge in [-0.1, -0.05) is 0 Å². The maximum Gasteiger partial charge on any atom is 0.673 e. The second kappa shape index (κ2) is 9.67. The molecule has 0 spiro atoms. The highest BCUT2D eigenvalue weighted by atomic mass is 19.5. The summed E-state index contributed by atoms with van der Waals surface area (Å²) in [5.41, 5.74) is 0. The Morgan fingerprint density at radius 2 is 1.29 bits per heavy atom. The van der Waals surface area contributed by atoms with Crippen molar-refractivity contribution in [1.82, 2.24) is 9.80 Å². The largest absolute Gasteiger partial charge is 0.673 e. The molecule has 17 heavy (non-hydrogen) atoms. The van der Waals surface area contributed by atoms with Gasteiger partial charge < -0.3 is 27.1 Å². The summed E-state index contributed by atoms with van der Waals surface area (Å²) in [6, 6.07) is 0. The highest BCUT2D eigenvalue weighted by Crippen LogP contribution is 2.06. The van der Waals surface area contributed by atoms with E-state index in [9.17, 15) is 17.3 Å². The topological polar surface area (TPSA) is 10.9 Å². The fourth-order valence-electron chi connectivity index (χ4n) is 0.897. The van der Waals surface area contributed by atoms with Crippen molar-refractivity contribution >= 4 is 7.25 Å². The third kappa shape index (κ3) is 31.3. The summed E-state index contributed by atoms with van der Waals surface area (Å²) < 4.78 is 39.0. The monoisotopic (exact) mass is 261 g/mol. The number of rotatable bonds is 6. The standard InChI is InChI=1S/C9H23N3.BF4/c1-10(2)6-8-12(5)9-7-11(3)4;2-1(3,4)5/h6-9H2,1-5H3;/q;-1/p+1. The minimum absolute atomic E-state index is 1.15. The lowest BCUT2D eigenvalue weighted by Crippen LogP contribution is -3.06. The number of hydrogen-bond acceptors (Lipinski definition) is 2. The molecule has 0 amide bonds. The first-order chi connectivity index (χ1) is 7.52. The molecule has 0 aliphatic rings. The Labute approximate surface area is 101 Å². The molecule has 3 nitrogen and oxygen atoms in total. The average molecular weight is 261 g/mol. The molecule has 0 aliphatic heterocycles. The zero-order valence-electron chi connectivity index (χ0n) is 11.3. The van der Waals surface area contributed by atoms with E-state index in [0.29, 0.717) is 0 Å². The molecule has 0 fully saturated rings. The van der Waals surface area contributed by atoms with E-state index in [0.717, 1.165) is 6.54 Å². The van der Waals surface area contributed by atoms with E-state index in [-0.39, 0.29) is 0 Å². The van der Waals surface area contributed by atoms with Gasteiger partial charge in [0.05, 0.1) is 20.6 Å². The first-order valence-corrected chi connectivity index (χ1v) is 5.52. The van der Waals surface area contributed by atoms with E-state index in [1.54, 1.807) is 0 Å². The predicted molar refractivity (Wildman–Crippen MR) is 63.9 cm³/mol. The Morgan fingerprint density at radius 3 is 1.59 bits per heavy atom. The van der Waals surface area contributed by atoms with Crippen molar-refractivity contribution in [2.75, 3.05) is 61.4 Å². The van der Waals surface area contributed by atoms with Gasteiger partial charge in [-0.15, -0.1) is 0 Å². The van der Waals surface area contributed by atoms with Crippen LogP contribution in [0.25, 0.3) is 0 Å². The lowest BCUT2D eigenvalue weighted by Gasteiger charge is -2.19. The average Bonchev–Trinajstić information content (AvgIpc) is 2.08. The van der Waals surface area contributed by atoms with Gasteiger partial charge in [-0.05, 0) is 21.1 Å². The van der Waals surface area contributed by atoms with Crippen LogP contribution in [0.2, 0.25) is 0 Å². The van der Waals surface area contributed by atoms with E-state index in [4.69, 9.17) is 0 Å². The van der Waals surface area contributed by atoms with Crippen molar-refractivity contribution < 1.29 is 22.2 Å². The molecule has 8 heteroatoms. The number of nitrogens with zero attached hydrogens (tertiary/aromatic N) is 2. The van der Waals surface area contributed by atoms with E-state index < -0.39 is 7.25 Å². The van der Waals surface area contributed by atoms with Crippen LogP contribution in [0.4, 0.5) is 17.3 Å². The molecule has 0 aromatic carbocycles. The minimum Gasteiger partial charge on any atom is -0.418 e. The summed E-state index contributed by atoms with van der Waals surface area (Å²) in [4.78, 5) is 6.12. The first-order valence-electron chi connectivity index (χ1n) is 5.52. The first kappa shape index (κ1) is 19.0. The second-order valence-electron chi connectivity index (χ2n) is 4.56. The summed E-state index contributed by atoms with van der Waals surface area (Å²) in [6.07, 6.45) is 0. The van der Waals surface area contributed by atoms with Gasteiger partial charge in [0, 0.05) is 19.6 Å². The Morgan fingerprint density at radius 1 is 0.882 bits per heavy atom. The molecular formula is C9H24BF4N3. The van der Waals surface area contributed by atoms with Crippen molar-refractivity contribution in [2.45, 2.75) is 0 Å². The van der Waals surface area contributed by atoms with Gasteiger partial charge in [-0.3, -0.25) is 4.90 Å². The maximum atomic E-state index is 9.75. The smallest absolute Gasteiger partial charge is 0.418 e. The molecule has 0 aromatic rings. The molecule has 106 valence electrons. The van der Waals surface area contributed by atoms with Gasteiger partial charge in [0.15, 0.2) is 0 Å². The Hall–Kier alpha value is -0.335. The Balaban J connectivity index is 0. The van der Waals surface area contributed by atoms with Crippen LogP contribution in [0.5, 0.6) is 0 Å². The van der Waals surface area contributed by atoms with Crippen LogP contribution >= 0.6 is 0 Å². The molecule has 0 atom stereocenters. The molecule has 0 saturated carbocycles. The molecule has 0 aliphatic carbocycles. The normalized spacial score (nSPS) is 12.0. The van der Waals surface area contributed by atoms with E-state index in [1.165, 1.54) is 24.5 Å². The molecule has 0 aromatic heterocycles. The Bertz CT molecular complexity index is 158. The van der Waals surface area contributed by atoms with Crippen molar-refractivity contribution in [2.24, 2.45) is 0 Å². The zero-order chi connectivity index (χ0) is 14.1. The van der Waals surface area contributed by atoms with E-state index in [2.05, 4.69) is 45.0 Å². The number of halogens is 4. The minimum atomic E-state index is -6.00. The Kier molecular flexibility index (Phi) is 10.8. The number of hydrogen-bond donors (Lipinski definition) is 1. The van der Waals surface area contributed by atoms with Crippen LogP contribution in [0.3, 0.4) is 0 Å². The highest BCUT2D eigenvalue weighted by Gasteiger charge is 2.20. The SMILES string of the molecule is CN(C)CCN(C)CC[NH+](C)C.F[B-](F)(F)F. The van der Waals surface area contributed by atoms with Gasteiger partial charge in [-0.2, -0.15) is 0 Å². The summed E-state index contributed by atoms with van der Waals surface area (Å²) in [5, 5.41) is 0. The zero-order valence-corrected chi connectivity index (χ0v) is 11.3. The molecule has 0 radical (unpaired) electrons. The van der Waals surface area contributed by atoms with Crippen LogP contribution in [0, 0.1) is 0 Å². The highest BCUT2D eigenvalue weighted by molar-refractivity contribution is 6.50. The van der Waals surface area contributed by atoms with E-state index in [1.807, 2.05) is 0 Å². The number of likely N-dealkylation sites (N-methyl/N-ethyl adjacent to an activating group) is 3. The molecule has 0 rings (SSSR count). The summed E-state index contributed by atoms with van der Waals surface area (Å²) in [7, 11) is 4.81.